The molecule has 2 atom stereocenters. The van der Waals surface area contributed by atoms with Gasteiger partial charge in [-0.05, 0) is 51.6 Å². The Balaban J connectivity index is 1.67. The summed E-state index contributed by atoms with van der Waals surface area (Å²) in [6.45, 7) is 4.88. The Bertz CT molecular complexity index is 906. The maximum atomic E-state index is 13.1. The van der Waals surface area contributed by atoms with Crippen LogP contribution in [0.15, 0.2) is 48.7 Å². The van der Waals surface area contributed by atoms with Crippen molar-refractivity contribution in [3.63, 3.8) is 0 Å². The molecule has 1 aromatic carbocycles. The van der Waals surface area contributed by atoms with E-state index >= 15 is 0 Å². The van der Waals surface area contributed by atoms with Crippen LogP contribution in [-0.4, -0.2) is 54.9 Å². The predicted molar refractivity (Wildman–Crippen MR) is 113 cm³/mol. The zero-order valence-corrected chi connectivity index (χ0v) is 18.4. The number of carbonyl (C=O) groups is 1. The van der Waals surface area contributed by atoms with Crippen molar-refractivity contribution in [3.05, 3.63) is 54.2 Å². The third-order valence-corrected chi connectivity index (χ3v) is 5.51. The van der Waals surface area contributed by atoms with Gasteiger partial charge in [0.2, 0.25) is 5.91 Å². The minimum absolute atomic E-state index is 0.0562. The fraction of sp³-hybridized carbons (Fsp3) is 0.478. The largest absolute Gasteiger partial charge is 0.573 e. The van der Waals surface area contributed by atoms with E-state index in [1.807, 2.05) is 18.2 Å². The number of amides is 1. The first kappa shape index (κ1) is 23.8. The molecule has 0 spiro atoms. The second-order valence-electron chi connectivity index (χ2n) is 8.68. The minimum Gasteiger partial charge on any atom is -0.474 e. The average molecular weight is 451 g/mol. The maximum Gasteiger partial charge on any atom is 0.573 e. The summed E-state index contributed by atoms with van der Waals surface area (Å²) in [5.41, 5.74) is 0.151. The maximum absolute atomic E-state index is 13.1. The third kappa shape index (κ3) is 6.35. The molecule has 6 nitrogen and oxygen atoms in total. The van der Waals surface area contributed by atoms with Crippen molar-refractivity contribution in [1.82, 2.24) is 15.2 Å². The van der Waals surface area contributed by atoms with E-state index in [0.717, 1.165) is 31.1 Å². The summed E-state index contributed by atoms with van der Waals surface area (Å²) in [5, 5.41) is 3.14. The Morgan fingerprint density at radius 1 is 1.19 bits per heavy atom. The lowest BCUT2D eigenvalue weighted by Crippen LogP contribution is -2.52. The number of halogens is 3. The van der Waals surface area contributed by atoms with Crippen molar-refractivity contribution in [3.8, 4) is 11.6 Å². The van der Waals surface area contributed by atoms with Crippen LogP contribution < -0.4 is 14.8 Å². The van der Waals surface area contributed by atoms with Gasteiger partial charge in [-0.3, -0.25) is 4.79 Å². The number of nitrogens with zero attached hydrogens (tertiary/aromatic N) is 2. The molecular formula is C23H28F3N3O3. The number of nitrogens with one attached hydrogen (secondary N) is 1. The van der Waals surface area contributed by atoms with E-state index < -0.39 is 17.5 Å². The third-order valence-electron chi connectivity index (χ3n) is 5.51. The first-order valence-electron chi connectivity index (χ1n) is 10.4. The van der Waals surface area contributed by atoms with Crippen molar-refractivity contribution in [2.24, 2.45) is 5.41 Å². The number of rotatable bonds is 7. The summed E-state index contributed by atoms with van der Waals surface area (Å²) in [7, 11) is 2.05. The van der Waals surface area contributed by atoms with Gasteiger partial charge in [-0.15, -0.1) is 13.2 Å². The minimum atomic E-state index is -4.87. The average Bonchev–Trinajstić information content (AvgIpc) is 2.74. The summed E-state index contributed by atoms with van der Waals surface area (Å²) < 4.78 is 47.3. The summed E-state index contributed by atoms with van der Waals surface area (Å²) in [4.78, 5) is 19.1. The summed E-state index contributed by atoms with van der Waals surface area (Å²) in [6, 6.07) is 12.4. The van der Waals surface area contributed by atoms with Crippen LogP contribution in [0.25, 0.3) is 0 Å². The number of ether oxygens (including phenoxy) is 2. The fourth-order valence-electron chi connectivity index (χ4n) is 3.69. The monoisotopic (exact) mass is 451 g/mol. The van der Waals surface area contributed by atoms with Gasteiger partial charge in [0.15, 0.2) is 5.75 Å². The van der Waals surface area contributed by atoms with Crippen LogP contribution in [0.2, 0.25) is 0 Å². The topological polar surface area (TPSA) is 63.7 Å². The van der Waals surface area contributed by atoms with Crippen molar-refractivity contribution >= 4 is 5.91 Å². The van der Waals surface area contributed by atoms with E-state index in [2.05, 4.69) is 39.1 Å². The van der Waals surface area contributed by atoms with E-state index in [9.17, 15) is 18.0 Å². The molecule has 2 heterocycles. The zero-order chi connectivity index (χ0) is 23.4. The van der Waals surface area contributed by atoms with Crippen LogP contribution in [0.5, 0.6) is 11.6 Å². The van der Waals surface area contributed by atoms with Crippen LogP contribution in [0.1, 0.15) is 31.7 Å². The lowest BCUT2D eigenvalue weighted by atomic mass is 9.84. The highest BCUT2D eigenvalue weighted by Gasteiger charge is 2.36. The Morgan fingerprint density at radius 3 is 2.59 bits per heavy atom. The van der Waals surface area contributed by atoms with Gasteiger partial charge in [0.1, 0.15) is 6.61 Å². The molecule has 1 N–H and O–H groups in total. The van der Waals surface area contributed by atoms with Crippen molar-refractivity contribution < 1.29 is 27.4 Å². The van der Waals surface area contributed by atoms with Gasteiger partial charge in [0.25, 0.3) is 5.88 Å². The van der Waals surface area contributed by atoms with Gasteiger partial charge < -0.3 is 19.7 Å². The van der Waals surface area contributed by atoms with Crippen LogP contribution >= 0.6 is 0 Å². The van der Waals surface area contributed by atoms with E-state index in [1.54, 1.807) is 13.8 Å². The number of likely N-dealkylation sites (tertiary alicyclic amines) is 1. The number of alkyl halides is 3. The normalized spacial score (nSPS) is 19.9. The number of pyridine rings is 1. The standard InChI is InChI=1S/C23H28F3N3O3/c1-22(2,15-31-20-19(10-7-12-27-20)32-23(24,25)26)21(30)28-18-11-13-29(3)14-17(18)16-8-5-4-6-9-16/h4-10,12,17-18H,11,13-15H2,1-3H3,(H,28,30)/t17-,18-/m0/s1. The molecule has 0 radical (unpaired) electrons. The molecule has 1 saturated heterocycles. The molecule has 2 aromatic rings. The first-order valence-corrected chi connectivity index (χ1v) is 10.4. The summed E-state index contributed by atoms with van der Waals surface area (Å²) in [5.74, 6) is -0.955. The van der Waals surface area contributed by atoms with Crippen LogP contribution in [0, 0.1) is 5.41 Å². The summed E-state index contributed by atoms with van der Waals surface area (Å²) in [6.07, 6.45) is -2.77. The highest BCUT2D eigenvalue weighted by atomic mass is 19.4. The Kier molecular flexibility index (Phi) is 7.28. The van der Waals surface area contributed by atoms with Crippen LogP contribution in [0.4, 0.5) is 13.2 Å². The molecule has 0 saturated carbocycles. The molecule has 9 heteroatoms. The van der Waals surface area contributed by atoms with Crippen LogP contribution in [0.3, 0.4) is 0 Å². The molecule has 1 fully saturated rings. The lowest BCUT2D eigenvalue weighted by Gasteiger charge is -2.39. The van der Waals surface area contributed by atoms with Gasteiger partial charge >= 0.3 is 6.36 Å². The van der Waals surface area contributed by atoms with Crippen molar-refractivity contribution in [2.45, 2.75) is 38.6 Å². The highest BCUT2D eigenvalue weighted by molar-refractivity contribution is 5.82. The fourth-order valence-corrected chi connectivity index (χ4v) is 3.69. The second-order valence-corrected chi connectivity index (χ2v) is 8.68. The Morgan fingerprint density at radius 2 is 1.91 bits per heavy atom. The highest BCUT2D eigenvalue weighted by Crippen LogP contribution is 2.32. The lowest BCUT2D eigenvalue weighted by molar-refractivity contribution is -0.275. The molecule has 1 aromatic heterocycles. The number of likely N-dealkylation sites (N-methyl/N-ethyl adjacent to an activating group) is 1. The smallest absolute Gasteiger partial charge is 0.474 e. The molecule has 0 unspecified atom stereocenters. The van der Waals surface area contributed by atoms with E-state index in [4.69, 9.17) is 4.74 Å². The molecule has 3 rings (SSSR count). The van der Waals surface area contributed by atoms with Crippen LogP contribution in [-0.2, 0) is 4.79 Å². The van der Waals surface area contributed by atoms with Gasteiger partial charge in [0, 0.05) is 24.7 Å². The van der Waals surface area contributed by atoms with Crippen molar-refractivity contribution in [1.29, 1.82) is 0 Å². The van der Waals surface area contributed by atoms with Crippen molar-refractivity contribution in [2.75, 3.05) is 26.7 Å². The van der Waals surface area contributed by atoms with Gasteiger partial charge in [-0.25, -0.2) is 4.98 Å². The zero-order valence-electron chi connectivity index (χ0n) is 18.4. The number of aromatic nitrogens is 1. The summed E-state index contributed by atoms with van der Waals surface area (Å²) >= 11 is 0. The van der Waals surface area contributed by atoms with E-state index in [0.29, 0.717) is 0 Å². The van der Waals surface area contributed by atoms with E-state index in [-0.39, 0.29) is 30.4 Å². The van der Waals surface area contributed by atoms with Gasteiger partial charge in [0.05, 0.1) is 5.41 Å². The Hall–Kier alpha value is -2.81. The SMILES string of the molecule is CN1CC[C@H](NC(=O)C(C)(C)COc2ncccc2OC(F)(F)F)[C@H](c2ccccc2)C1. The Labute approximate surface area is 185 Å². The van der Waals surface area contributed by atoms with E-state index in [1.165, 1.54) is 12.3 Å². The molecule has 1 amide bonds. The van der Waals surface area contributed by atoms with Gasteiger partial charge in [-0.1, -0.05) is 30.3 Å². The second kappa shape index (κ2) is 9.77. The quantitative estimate of drug-likeness (QED) is 0.690. The molecule has 0 aliphatic carbocycles. The molecule has 174 valence electrons. The molecule has 32 heavy (non-hydrogen) atoms. The first-order chi connectivity index (χ1) is 15.0. The number of hydrogen-bond acceptors (Lipinski definition) is 5. The number of hydrogen-bond donors (Lipinski definition) is 1. The predicted octanol–water partition coefficient (Wildman–Crippen LogP) is 3.99. The number of carbonyl (C=O) groups excluding carboxylic acids is 1. The molecule has 1 aliphatic rings. The number of benzene rings is 1. The molecule has 1 aliphatic heterocycles. The molecular weight excluding hydrogens is 423 g/mol. The molecule has 0 bridgehead atoms. The van der Waals surface area contributed by atoms with Gasteiger partial charge in [-0.2, -0.15) is 0 Å². The number of piperidine rings is 1.